The van der Waals surface area contributed by atoms with Crippen LogP contribution in [0.1, 0.15) is 15.9 Å². The molecule has 0 spiro atoms. The second kappa shape index (κ2) is 8.18. The molecule has 0 radical (unpaired) electrons. The van der Waals surface area contributed by atoms with E-state index in [0.29, 0.717) is 15.7 Å². The second-order valence-electron chi connectivity index (χ2n) is 6.73. The van der Waals surface area contributed by atoms with Gasteiger partial charge in [0.25, 0.3) is 5.91 Å². The van der Waals surface area contributed by atoms with Gasteiger partial charge in [0.2, 0.25) is 0 Å². The molecule has 0 unspecified atom stereocenters. The van der Waals surface area contributed by atoms with E-state index in [1.54, 1.807) is 18.2 Å². The molecule has 0 saturated heterocycles. The molecule has 0 aliphatic heterocycles. The summed E-state index contributed by atoms with van der Waals surface area (Å²) < 4.78 is 25.4. The molecule has 0 fully saturated rings. The molecule has 8 heteroatoms. The molecule has 3 aromatic carbocycles. The SMILES string of the molecule is CS(=O)(=O)c1ccccc1C(=O)N(Cc1ccccc1)c1nc2c(Cl)cccc2s1. The molecular weight excluding hydrogens is 440 g/mol. The van der Waals surface area contributed by atoms with Crippen molar-refractivity contribution in [3.05, 3.63) is 88.9 Å². The fourth-order valence-corrected chi connectivity index (χ4v) is 5.27. The largest absolute Gasteiger partial charge is 0.279 e. The number of carbonyl (C=O) groups excluding carboxylic acids is 1. The molecule has 1 amide bonds. The van der Waals surface area contributed by atoms with Crippen LogP contribution in [0.5, 0.6) is 0 Å². The highest BCUT2D eigenvalue weighted by Crippen LogP contribution is 2.34. The predicted octanol–water partition coefficient (Wildman–Crippen LogP) is 5.20. The number of fused-ring (bicyclic) bond motifs is 1. The average molecular weight is 457 g/mol. The number of aromatic nitrogens is 1. The normalized spacial score (nSPS) is 11.5. The number of hydrogen-bond acceptors (Lipinski definition) is 5. The highest BCUT2D eigenvalue weighted by Gasteiger charge is 2.26. The van der Waals surface area contributed by atoms with E-state index in [9.17, 15) is 13.2 Å². The highest BCUT2D eigenvalue weighted by molar-refractivity contribution is 7.90. The maximum Gasteiger partial charge on any atom is 0.261 e. The Bertz CT molecular complexity index is 1340. The first kappa shape index (κ1) is 20.5. The van der Waals surface area contributed by atoms with E-state index in [0.717, 1.165) is 16.5 Å². The number of rotatable bonds is 5. The van der Waals surface area contributed by atoms with Crippen LogP contribution in [0.3, 0.4) is 0 Å². The van der Waals surface area contributed by atoms with Crippen LogP contribution in [-0.4, -0.2) is 25.6 Å². The van der Waals surface area contributed by atoms with Crippen LogP contribution < -0.4 is 4.90 Å². The summed E-state index contributed by atoms with van der Waals surface area (Å²) in [6.45, 7) is 0.245. The molecule has 1 aromatic heterocycles. The molecule has 0 saturated carbocycles. The number of anilines is 1. The summed E-state index contributed by atoms with van der Waals surface area (Å²) in [6.07, 6.45) is 1.10. The number of nitrogens with zero attached hydrogens (tertiary/aromatic N) is 2. The first-order chi connectivity index (χ1) is 14.3. The van der Waals surface area contributed by atoms with E-state index in [2.05, 4.69) is 4.98 Å². The first-order valence-electron chi connectivity index (χ1n) is 9.04. The van der Waals surface area contributed by atoms with Gasteiger partial charge in [-0.05, 0) is 29.8 Å². The molecule has 4 aromatic rings. The number of para-hydroxylation sites is 1. The van der Waals surface area contributed by atoms with Crippen LogP contribution in [-0.2, 0) is 16.4 Å². The number of amides is 1. The van der Waals surface area contributed by atoms with Gasteiger partial charge in [0.15, 0.2) is 15.0 Å². The van der Waals surface area contributed by atoms with Gasteiger partial charge in [-0.1, -0.05) is 71.5 Å². The summed E-state index contributed by atoms with van der Waals surface area (Å²) in [4.78, 5) is 19.7. The molecule has 0 aliphatic rings. The summed E-state index contributed by atoms with van der Waals surface area (Å²) >= 11 is 7.61. The van der Waals surface area contributed by atoms with Gasteiger partial charge in [0, 0.05) is 6.26 Å². The lowest BCUT2D eigenvalue weighted by atomic mass is 10.1. The third kappa shape index (κ3) is 4.09. The standard InChI is InChI=1S/C22H17ClN2O3S2/c1-30(27,28)19-13-6-5-10-16(19)21(26)25(14-15-8-3-2-4-9-15)22-24-20-17(23)11-7-12-18(20)29-22/h2-13H,14H2,1H3. The number of sulfone groups is 1. The summed E-state index contributed by atoms with van der Waals surface area (Å²) in [5.74, 6) is -0.435. The van der Waals surface area contributed by atoms with Crippen molar-refractivity contribution in [1.82, 2.24) is 4.98 Å². The minimum absolute atomic E-state index is 0.00722. The lowest BCUT2D eigenvalue weighted by Gasteiger charge is -2.21. The van der Waals surface area contributed by atoms with Crippen LogP contribution >= 0.6 is 22.9 Å². The fraction of sp³-hybridized carbons (Fsp3) is 0.0909. The van der Waals surface area contributed by atoms with Gasteiger partial charge >= 0.3 is 0 Å². The minimum Gasteiger partial charge on any atom is -0.279 e. The quantitative estimate of drug-likeness (QED) is 0.414. The van der Waals surface area contributed by atoms with Gasteiger partial charge < -0.3 is 0 Å². The van der Waals surface area contributed by atoms with Crippen LogP contribution in [0.15, 0.2) is 77.7 Å². The molecule has 0 aliphatic carbocycles. The lowest BCUT2D eigenvalue weighted by molar-refractivity contribution is 0.0982. The van der Waals surface area contributed by atoms with E-state index >= 15 is 0 Å². The molecule has 30 heavy (non-hydrogen) atoms. The van der Waals surface area contributed by atoms with Gasteiger partial charge in [-0.15, -0.1) is 0 Å². The molecule has 152 valence electrons. The van der Waals surface area contributed by atoms with Crippen molar-refractivity contribution in [3.63, 3.8) is 0 Å². The van der Waals surface area contributed by atoms with E-state index in [4.69, 9.17) is 11.6 Å². The predicted molar refractivity (Wildman–Crippen MR) is 121 cm³/mol. The third-order valence-corrected chi connectivity index (χ3v) is 7.04. The average Bonchev–Trinajstić information content (AvgIpc) is 3.17. The summed E-state index contributed by atoms with van der Waals surface area (Å²) in [6, 6.07) is 21.2. The van der Waals surface area contributed by atoms with Gasteiger partial charge in [-0.3, -0.25) is 9.69 Å². The van der Waals surface area contributed by atoms with Crippen LogP contribution in [0.25, 0.3) is 10.2 Å². The number of carbonyl (C=O) groups is 1. The molecule has 0 N–H and O–H groups in total. The van der Waals surface area contributed by atoms with E-state index in [1.165, 1.54) is 28.4 Å². The Balaban J connectivity index is 1.85. The van der Waals surface area contributed by atoms with Crippen molar-refractivity contribution < 1.29 is 13.2 Å². The van der Waals surface area contributed by atoms with Crippen molar-refractivity contribution in [2.45, 2.75) is 11.4 Å². The van der Waals surface area contributed by atoms with E-state index in [-0.39, 0.29) is 17.0 Å². The highest BCUT2D eigenvalue weighted by atomic mass is 35.5. The Hall–Kier alpha value is -2.74. The Morgan fingerprint density at radius 2 is 1.70 bits per heavy atom. The fourth-order valence-electron chi connectivity index (χ4n) is 3.12. The second-order valence-corrected chi connectivity index (χ2v) is 10.1. The number of hydrogen-bond donors (Lipinski definition) is 0. The van der Waals surface area contributed by atoms with Gasteiger partial charge in [-0.25, -0.2) is 13.4 Å². The molecular formula is C22H17ClN2O3S2. The van der Waals surface area contributed by atoms with Crippen LogP contribution in [0.2, 0.25) is 5.02 Å². The van der Waals surface area contributed by atoms with E-state index < -0.39 is 15.7 Å². The lowest BCUT2D eigenvalue weighted by Crippen LogP contribution is -2.31. The summed E-state index contributed by atoms with van der Waals surface area (Å²) in [7, 11) is -3.58. The Kier molecular flexibility index (Phi) is 5.60. The van der Waals surface area contributed by atoms with E-state index in [1.807, 2.05) is 42.5 Å². The van der Waals surface area contributed by atoms with Gasteiger partial charge in [0.1, 0.15) is 5.52 Å². The maximum atomic E-state index is 13.6. The number of thiazole rings is 1. The number of benzene rings is 3. The van der Waals surface area contributed by atoms with Gasteiger partial charge in [-0.2, -0.15) is 0 Å². The molecule has 1 heterocycles. The monoisotopic (exact) mass is 456 g/mol. The Labute approximate surface area is 183 Å². The first-order valence-corrected chi connectivity index (χ1v) is 12.1. The zero-order valence-corrected chi connectivity index (χ0v) is 18.3. The van der Waals surface area contributed by atoms with Gasteiger partial charge in [0.05, 0.1) is 26.7 Å². The van der Waals surface area contributed by atoms with Crippen molar-refractivity contribution in [1.29, 1.82) is 0 Å². The summed E-state index contributed by atoms with van der Waals surface area (Å²) in [5, 5.41) is 0.953. The molecule has 0 atom stereocenters. The van der Waals surface area contributed by atoms with Crippen LogP contribution in [0, 0.1) is 0 Å². The summed E-state index contributed by atoms with van der Waals surface area (Å²) in [5.41, 5.74) is 1.62. The molecule has 0 bridgehead atoms. The zero-order valence-electron chi connectivity index (χ0n) is 15.9. The molecule has 5 nitrogen and oxygen atoms in total. The van der Waals surface area contributed by atoms with Crippen molar-refractivity contribution in [2.24, 2.45) is 0 Å². The van der Waals surface area contributed by atoms with Crippen LogP contribution in [0.4, 0.5) is 5.13 Å². The van der Waals surface area contributed by atoms with Crippen molar-refractivity contribution in [3.8, 4) is 0 Å². The smallest absolute Gasteiger partial charge is 0.261 e. The maximum absolute atomic E-state index is 13.6. The zero-order chi connectivity index (χ0) is 21.3. The van der Waals surface area contributed by atoms with Crippen molar-refractivity contribution >= 4 is 54.0 Å². The molecule has 4 rings (SSSR count). The number of halogens is 1. The Morgan fingerprint density at radius 1 is 1.00 bits per heavy atom. The minimum atomic E-state index is -3.58. The Morgan fingerprint density at radius 3 is 2.40 bits per heavy atom. The van der Waals surface area contributed by atoms with Crippen molar-refractivity contribution in [2.75, 3.05) is 11.2 Å². The topological polar surface area (TPSA) is 67.3 Å². The third-order valence-electron chi connectivity index (χ3n) is 4.53.